The molecule has 5 nitrogen and oxygen atoms in total. The zero-order valence-electron chi connectivity index (χ0n) is 11.8. The van der Waals surface area contributed by atoms with E-state index in [0.717, 1.165) is 30.6 Å². The lowest BCUT2D eigenvalue weighted by atomic mass is 10.00. The number of nitrogens with zero attached hydrogens (tertiary/aromatic N) is 2. The van der Waals surface area contributed by atoms with E-state index in [2.05, 4.69) is 4.98 Å². The summed E-state index contributed by atoms with van der Waals surface area (Å²) in [5, 5.41) is 19.4. The Balaban J connectivity index is 1.97. The Morgan fingerprint density at radius 1 is 1.35 bits per heavy atom. The van der Waals surface area contributed by atoms with Crippen LogP contribution in [0.25, 0.3) is 0 Å². The van der Waals surface area contributed by atoms with Crippen molar-refractivity contribution in [2.24, 2.45) is 11.8 Å². The Hall–Kier alpha value is -1.62. The molecule has 1 saturated heterocycles. The summed E-state index contributed by atoms with van der Waals surface area (Å²) in [5.74, 6) is 0.368. The van der Waals surface area contributed by atoms with Crippen molar-refractivity contribution in [2.45, 2.75) is 32.8 Å². The quantitative estimate of drug-likeness (QED) is 0.858. The van der Waals surface area contributed by atoms with Crippen LogP contribution in [0, 0.1) is 25.7 Å². The molecule has 3 rings (SSSR count). The van der Waals surface area contributed by atoms with Crippen molar-refractivity contribution in [1.82, 2.24) is 4.98 Å². The molecule has 3 unspecified atom stereocenters. The van der Waals surface area contributed by atoms with Crippen LogP contribution in [-0.4, -0.2) is 40.4 Å². The van der Waals surface area contributed by atoms with E-state index in [1.54, 1.807) is 6.07 Å². The van der Waals surface area contributed by atoms with Gasteiger partial charge in [-0.25, -0.2) is 9.78 Å². The second kappa shape index (κ2) is 4.74. The van der Waals surface area contributed by atoms with E-state index < -0.39 is 5.97 Å². The standard InChI is InChI=1S/C15H20N2O3/c1-8-5-9(2)16-14(13(8)15(19)20)17-6-10-3-4-12(18)11(10)7-17/h5,10-12,18H,3-4,6-7H2,1-2H3,(H,19,20). The number of aliphatic hydroxyl groups is 1. The number of aliphatic hydroxyl groups excluding tert-OH is 1. The molecule has 2 heterocycles. The van der Waals surface area contributed by atoms with Crippen molar-refractivity contribution >= 4 is 11.8 Å². The van der Waals surface area contributed by atoms with Gasteiger partial charge in [0.05, 0.1) is 6.10 Å². The number of pyridine rings is 1. The first-order chi connectivity index (χ1) is 9.47. The summed E-state index contributed by atoms with van der Waals surface area (Å²) in [6, 6.07) is 1.80. The lowest BCUT2D eigenvalue weighted by molar-refractivity contribution is 0.0696. The van der Waals surface area contributed by atoms with E-state index in [9.17, 15) is 15.0 Å². The molecule has 1 aromatic heterocycles. The lowest BCUT2D eigenvalue weighted by Crippen LogP contribution is -2.27. The molecule has 0 radical (unpaired) electrons. The van der Waals surface area contributed by atoms with E-state index in [1.165, 1.54) is 0 Å². The molecule has 1 aromatic rings. The van der Waals surface area contributed by atoms with Gasteiger partial charge in [-0.2, -0.15) is 0 Å². The number of aryl methyl sites for hydroxylation is 2. The van der Waals surface area contributed by atoms with E-state index in [0.29, 0.717) is 23.8 Å². The Morgan fingerprint density at radius 3 is 2.75 bits per heavy atom. The fraction of sp³-hybridized carbons (Fsp3) is 0.600. The van der Waals surface area contributed by atoms with E-state index in [4.69, 9.17) is 0 Å². The van der Waals surface area contributed by atoms with Gasteiger partial charge in [0.15, 0.2) is 0 Å². The molecule has 0 spiro atoms. The highest BCUT2D eigenvalue weighted by Gasteiger charge is 2.43. The Morgan fingerprint density at radius 2 is 2.10 bits per heavy atom. The fourth-order valence-corrected chi connectivity index (χ4v) is 3.72. The van der Waals surface area contributed by atoms with E-state index in [-0.39, 0.29) is 12.0 Å². The number of hydrogen-bond donors (Lipinski definition) is 2. The molecule has 3 atom stereocenters. The van der Waals surface area contributed by atoms with E-state index in [1.807, 2.05) is 18.7 Å². The van der Waals surface area contributed by atoms with Crippen molar-refractivity contribution in [3.05, 3.63) is 22.9 Å². The van der Waals surface area contributed by atoms with Gasteiger partial charge < -0.3 is 15.1 Å². The molecular formula is C15H20N2O3. The Labute approximate surface area is 118 Å². The molecule has 2 N–H and O–H groups in total. The molecule has 5 heteroatoms. The zero-order valence-corrected chi connectivity index (χ0v) is 11.8. The van der Waals surface area contributed by atoms with Gasteiger partial charge in [0, 0.05) is 24.7 Å². The first-order valence-electron chi connectivity index (χ1n) is 7.12. The summed E-state index contributed by atoms with van der Waals surface area (Å²) in [6.45, 7) is 5.21. The topological polar surface area (TPSA) is 73.7 Å². The molecule has 2 aliphatic rings. The number of carboxylic acid groups (broad SMARTS) is 1. The predicted octanol–water partition coefficient (Wildman–Crippen LogP) is 1.60. The van der Waals surface area contributed by atoms with Gasteiger partial charge in [-0.3, -0.25) is 0 Å². The van der Waals surface area contributed by atoms with Gasteiger partial charge in [-0.1, -0.05) is 0 Å². The fourth-order valence-electron chi connectivity index (χ4n) is 3.72. The van der Waals surface area contributed by atoms with Crippen LogP contribution in [0.1, 0.15) is 34.5 Å². The van der Waals surface area contributed by atoms with Gasteiger partial charge in [0.25, 0.3) is 0 Å². The van der Waals surface area contributed by atoms with Crippen LogP contribution in [-0.2, 0) is 0 Å². The number of fused-ring (bicyclic) bond motifs is 1. The minimum atomic E-state index is -0.928. The third-order valence-electron chi connectivity index (χ3n) is 4.66. The number of hydrogen-bond acceptors (Lipinski definition) is 4. The second-order valence-electron chi connectivity index (χ2n) is 6.06. The molecule has 20 heavy (non-hydrogen) atoms. The number of anilines is 1. The maximum atomic E-state index is 11.5. The highest BCUT2D eigenvalue weighted by molar-refractivity contribution is 5.95. The van der Waals surface area contributed by atoms with Crippen LogP contribution >= 0.6 is 0 Å². The molecule has 108 valence electrons. The number of carbonyl (C=O) groups is 1. The van der Waals surface area contributed by atoms with Crippen LogP contribution in [0.15, 0.2) is 6.07 Å². The number of aromatic nitrogens is 1. The molecule has 0 bridgehead atoms. The maximum absolute atomic E-state index is 11.5. The number of rotatable bonds is 2. The monoisotopic (exact) mass is 276 g/mol. The average molecular weight is 276 g/mol. The van der Waals surface area contributed by atoms with Crippen molar-refractivity contribution in [1.29, 1.82) is 0 Å². The highest BCUT2D eigenvalue weighted by atomic mass is 16.4. The highest BCUT2D eigenvalue weighted by Crippen LogP contribution is 2.40. The van der Waals surface area contributed by atoms with Crippen molar-refractivity contribution in [2.75, 3.05) is 18.0 Å². The largest absolute Gasteiger partial charge is 0.478 e. The number of aromatic carboxylic acids is 1. The third-order valence-corrected chi connectivity index (χ3v) is 4.66. The second-order valence-corrected chi connectivity index (χ2v) is 6.06. The molecule has 0 aromatic carbocycles. The van der Waals surface area contributed by atoms with Crippen molar-refractivity contribution in [3.8, 4) is 0 Å². The van der Waals surface area contributed by atoms with Gasteiger partial charge in [-0.05, 0) is 44.2 Å². The van der Waals surface area contributed by atoms with Gasteiger partial charge in [-0.15, -0.1) is 0 Å². The SMILES string of the molecule is Cc1cc(C)c(C(=O)O)c(N2CC3CCC(O)C3C2)n1. The summed E-state index contributed by atoms with van der Waals surface area (Å²) in [6.07, 6.45) is 1.65. The first-order valence-corrected chi connectivity index (χ1v) is 7.12. The predicted molar refractivity (Wildman–Crippen MR) is 75.1 cm³/mol. The molecular weight excluding hydrogens is 256 g/mol. The Kier molecular flexibility index (Phi) is 3.17. The first kappa shape index (κ1) is 13.4. The summed E-state index contributed by atoms with van der Waals surface area (Å²) >= 11 is 0. The van der Waals surface area contributed by atoms with Gasteiger partial charge in [0.2, 0.25) is 0 Å². The minimum Gasteiger partial charge on any atom is -0.478 e. The third kappa shape index (κ3) is 2.06. The molecule has 2 fully saturated rings. The average Bonchev–Trinajstić information content (AvgIpc) is 2.90. The van der Waals surface area contributed by atoms with E-state index >= 15 is 0 Å². The molecule has 1 aliphatic heterocycles. The normalized spacial score (nSPS) is 28.8. The zero-order chi connectivity index (χ0) is 14.4. The van der Waals surface area contributed by atoms with Crippen molar-refractivity contribution < 1.29 is 15.0 Å². The van der Waals surface area contributed by atoms with Crippen LogP contribution < -0.4 is 4.90 Å². The van der Waals surface area contributed by atoms with Crippen LogP contribution in [0.2, 0.25) is 0 Å². The van der Waals surface area contributed by atoms with Crippen molar-refractivity contribution in [3.63, 3.8) is 0 Å². The smallest absolute Gasteiger partial charge is 0.339 e. The van der Waals surface area contributed by atoms with Crippen LogP contribution in [0.3, 0.4) is 0 Å². The van der Waals surface area contributed by atoms with Gasteiger partial charge >= 0.3 is 5.97 Å². The molecule has 1 saturated carbocycles. The molecule has 0 amide bonds. The summed E-state index contributed by atoms with van der Waals surface area (Å²) in [4.78, 5) is 18.0. The summed E-state index contributed by atoms with van der Waals surface area (Å²) < 4.78 is 0. The van der Waals surface area contributed by atoms with Crippen LogP contribution in [0.4, 0.5) is 5.82 Å². The Bertz CT molecular complexity index is 558. The summed E-state index contributed by atoms with van der Waals surface area (Å²) in [5.41, 5.74) is 1.88. The number of carboxylic acids is 1. The minimum absolute atomic E-state index is 0.246. The molecule has 1 aliphatic carbocycles. The lowest BCUT2D eigenvalue weighted by Gasteiger charge is -2.22. The maximum Gasteiger partial charge on any atom is 0.339 e. The summed E-state index contributed by atoms with van der Waals surface area (Å²) in [7, 11) is 0. The van der Waals surface area contributed by atoms with Crippen LogP contribution in [0.5, 0.6) is 0 Å². The van der Waals surface area contributed by atoms with Gasteiger partial charge in [0.1, 0.15) is 11.4 Å².